The van der Waals surface area contributed by atoms with Gasteiger partial charge >= 0.3 is 12.0 Å². The SMILES string of the molecule is CCN(C(=O)N(C)CC1(O)CCCC1)C(C)CC(=O)O. The molecular weight excluding hydrogens is 260 g/mol. The molecule has 0 radical (unpaired) electrons. The smallest absolute Gasteiger partial charge is 0.320 e. The van der Waals surface area contributed by atoms with E-state index in [1.165, 1.54) is 9.80 Å². The highest BCUT2D eigenvalue weighted by Gasteiger charge is 2.34. The van der Waals surface area contributed by atoms with E-state index in [1.807, 2.05) is 6.92 Å². The maximum absolute atomic E-state index is 12.4. The molecule has 2 amide bonds. The van der Waals surface area contributed by atoms with E-state index in [9.17, 15) is 14.7 Å². The standard InChI is InChI=1S/C14H26N2O4/c1-4-16(11(2)9-12(17)18)13(19)15(3)10-14(20)7-5-6-8-14/h11,20H,4-10H2,1-3H3,(H,17,18). The van der Waals surface area contributed by atoms with Crippen LogP contribution >= 0.6 is 0 Å². The molecule has 1 aliphatic carbocycles. The molecule has 1 atom stereocenters. The molecule has 116 valence electrons. The lowest BCUT2D eigenvalue weighted by Gasteiger charge is -2.35. The molecule has 6 heteroatoms. The van der Waals surface area contributed by atoms with Crippen molar-refractivity contribution in [2.75, 3.05) is 20.1 Å². The van der Waals surface area contributed by atoms with Crippen LogP contribution in [0.2, 0.25) is 0 Å². The average Bonchev–Trinajstić information content (AvgIpc) is 2.75. The Bertz CT molecular complexity index is 353. The van der Waals surface area contributed by atoms with Crippen LogP contribution in [0.1, 0.15) is 46.0 Å². The summed E-state index contributed by atoms with van der Waals surface area (Å²) < 4.78 is 0. The molecular formula is C14H26N2O4. The maximum atomic E-state index is 12.4. The maximum Gasteiger partial charge on any atom is 0.320 e. The van der Waals surface area contributed by atoms with Gasteiger partial charge in [0, 0.05) is 19.6 Å². The monoisotopic (exact) mass is 286 g/mol. The number of nitrogens with zero attached hydrogens (tertiary/aromatic N) is 2. The van der Waals surface area contributed by atoms with Gasteiger partial charge in [-0.2, -0.15) is 0 Å². The molecule has 0 heterocycles. The van der Waals surface area contributed by atoms with E-state index in [2.05, 4.69) is 0 Å². The van der Waals surface area contributed by atoms with Gasteiger partial charge in [0.15, 0.2) is 0 Å². The lowest BCUT2D eigenvalue weighted by molar-refractivity contribution is -0.138. The summed E-state index contributed by atoms with van der Waals surface area (Å²) in [5.74, 6) is -0.916. The van der Waals surface area contributed by atoms with Gasteiger partial charge in [0.05, 0.1) is 18.6 Å². The second-order valence-electron chi connectivity index (χ2n) is 5.80. The van der Waals surface area contributed by atoms with E-state index in [1.54, 1.807) is 14.0 Å². The van der Waals surface area contributed by atoms with E-state index in [0.717, 1.165) is 25.7 Å². The second kappa shape index (κ2) is 6.92. The van der Waals surface area contributed by atoms with Crippen molar-refractivity contribution < 1.29 is 19.8 Å². The minimum Gasteiger partial charge on any atom is -0.481 e. The first-order valence-corrected chi connectivity index (χ1v) is 7.25. The van der Waals surface area contributed by atoms with Gasteiger partial charge < -0.3 is 20.0 Å². The predicted molar refractivity (Wildman–Crippen MR) is 75.5 cm³/mol. The van der Waals surface area contributed by atoms with Crippen molar-refractivity contribution in [3.63, 3.8) is 0 Å². The highest BCUT2D eigenvalue weighted by atomic mass is 16.4. The number of carbonyl (C=O) groups excluding carboxylic acids is 1. The molecule has 0 aromatic rings. The molecule has 1 rings (SSSR count). The zero-order valence-electron chi connectivity index (χ0n) is 12.6. The normalized spacial score (nSPS) is 18.6. The molecule has 1 saturated carbocycles. The summed E-state index contributed by atoms with van der Waals surface area (Å²) in [6.45, 7) is 4.32. The first kappa shape index (κ1) is 16.8. The number of rotatable bonds is 6. The number of hydrogen-bond acceptors (Lipinski definition) is 3. The summed E-state index contributed by atoms with van der Waals surface area (Å²) in [7, 11) is 1.66. The number of carbonyl (C=O) groups is 2. The molecule has 20 heavy (non-hydrogen) atoms. The largest absolute Gasteiger partial charge is 0.481 e. The highest BCUT2D eigenvalue weighted by molar-refractivity contribution is 5.76. The first-order chi connectivity index (χ1) is 9.29. The molecule has 0 aromatic heterocycles. The number of likely N-dealkylation sites (N-methyl/N-ethyl adjacent to an activating group) is 1. The number of amides is 2. The lowest BCUT2D eigenvalue weighted by Crippen LogP contribution is -2.50. The van der Waals surface area contributed by atoms with Crippen molar-refractivity contribution in [3.8, 4) is 0 Å². The van der Waals surface area contributed by atoms with Crippen molar-refractivity contribution in [3.05, 3.63) is 0 Å². The van der Waals surface area contributed by atoms with Gasteiger partial charge in [0.1, 0.15) is 0 Å². The third kappa shape index (κ3) is 4.37. The molecule has 0 spiro atoms. The molecule has 0 aliphatic heterocycles. The predicted octanol–water partition coefficient (Wildman–Crippen LogP) is 1.53. The van der Waals surface area contributed by atoms with Crippen LogP contribution in [0.3, 0.4) is 0 Å². The Labute approximate surface area is 120 Å². The van der Waals surface area contributed by atoms with E-state index in [4.69, 9.17) is 5.11 Å². The number of aliphatic hydroxyl groups is 1. The third-order valence-corrected chi connectivity index (χ3v) is 3.98. The minimum atomic E-state index is -0.916. The molecule has 1 unspecified atom stereocenters. The number of urea groups is 1. The molecule has 1 fully saturated rings. The fourth-order valence-corrected chi connectivity index (χ4v) is 2.92. The van der Waals surface area contributed by atoms with Gasteiger partial charge in [-0.1, -0.05) is 12.8 Å². The fourth-order valence-electron chi connectivity index (χ4n) is 2.92. The topological polar surface area (TPSA) is 81.1 Å². The molecule has 2 N–H and O–H groups in total. The van der Waals surface area contributed by atoms with Crippen LogP contribution in [-0.4, -0.2) is 63.8 Å². The van der Waals surface area contributed by atoms with Gasteiger partial charge in [0.25, 0.3) is 0 Å². The highest BCUT2D eigenvalue weighted by Crippen LogP contribution is 2.30. The zero-order chi connectivity index (χ0) is 15.3. The quantitative estimate of drug-likeness (QED) is 0.776. The summed E-state index contributed by atoms with van der Waals surface area (Å²) >= 11 is 0. The van der Waals surface area contributed by atoms with E-state index < -0.39 is 11.6 Å². The number of aliphatic carboxylic acids is 1. The molecule has 6 nitrogen and oxygen atoms in total. The minimum absolute atomic E-state index is 0.0717. The summed E-state index contributed by atoms with van der Waals surface area (Å²) in [6.07, 6.45) is 3.36. The lowest BCUT2D eigenvalue weighted by atomic mass is 10.0. The fraction of sp³-hybridized carbons (Fsp3) is 0.857. The number of hydrogen-bond donors (Lipinski definition) is 2. The van der Waals surface area contributed by atoms with Crippen LogP contribution < -0.4 is 0 Å². The Balaban J connectivity index is 2.62. The van der Waals surface area contributed by atoms with Crippen LogP contribution in [0.25, 0.3) is 0 Å². The number of carboxylic acid groups (broad SMARTS) is 1. The van der Waals surface area contributed by atoms with Crippen LogP contribution in [0.5, 0.6) is 0 Å². The molecule has 0 saturated heterocycles. The summed E-state index contributed by atoms with van der Waals surface area (Å²) in [6, 6.07) is -0.577. The Morgan fingerprint density at radius 3 is 2.30 bits per heavy atom. The summed E-state index contributed by atoms with van der Waals surface area (Å²) in [4.78, 5) is 26.2. The van der Waals surface area contributed by atoms with Crippen molar-refractivity contribution in [2.24, 2.45) is 0 Å². The van der Waals surface area contributed by atoms with Crippen molar-refractivity contribution >= 4 is 12.0 Å². The molecule has 0 bridgehead atoms. The van der Waals surface area contributed by atoms with Gasteiger partial charge in [-0.25, -0.2) is 4.79 Å². The van der Waals surface area contributed by atoms with E-state index in [-0.39, 0.29) is 18.5 Å². The average molecular weight is 286 g/mol. The van der Waals surface area contributed by atoms with Crippen LogP contribution in [0, 0.1) is 0 Å². The van der Waals surface area contributed by atoms with Crippen molar-refractivity contribution in [1.82, 2.24) is 9.80 Å². The second-order valence-corrected chi connectivity index (χ2v) is 5.80. The Morgan fingerprint density at radius 1 is 1.30 bits per heavy atom. The van der Waals surface area contributed by atoms with Crippen molar-refractivity contribution in [2.45, 2.75) is 57.6 Å². The van der Waals surface area contributed by atoms with Crippen molar-refractivity contribution in [1.29, 1.82) is 0 Å². The first-order valence-electron chi connectivity index (χ1n) is 7.25. The summed E-state index contributed by atoms with van der Waals surface area (Å²) in [5, 5.41) is 19.2. The van der Waals surface area contributed by atoms with Gasteiger partial charge in [0.2, 0.25) is 0 Å². The Hall–Kier alpha value is -1.30. The van der Waals surface area contributed by atoms with E-state index in [0.29, 0.717) is 13.1 Å². The Kier molecular flexibility index (Phi) is 5.80. The van der Waals surface area contributed by atoms with Gasteiger partial charge in [-0.3, -0.25) is 4.79 Å². The van der Waals surface area contributed by atoms with Crippen LogP contribution in [0.15, 0.2) is 0 Å². The van der Waals surface area contributed by atoms with Crippen LogP contribution in [-0.2, 0) is 4.79 Å². The zero-order valence-corrected chi connectivity index (χ0v) is 12.6. The summed E-state index contributed by atoms with van der Waals surface area (Å²) in [5.41, 5.74) is -0.778. The third-order valence-electron chi connectivity index (χ3n) is 3.98. The van der Waals surface area contributed by atoms with E-state index >= 15 is 0 Å². The molecule has 1 aliphatic rings. The number of carboxylic acids is 1. The van der Waals surface area contributed by atoms with Gasteiger partial charge in [-0.05, 0) is 26.7 Å². The Morgan fingerprint density at radius 2 is 1.85 bits per heavy atom. The van der Waals surface area contributed by atoms with Gasteiger partial charge in [-0.15, -0.1) is 0 Å². The van der Waals surface area contributed by atoms with Crippen LogP contribution in [0.4, 0.5) is 4.79 Å². The molecule has 0 aromatic carbocycles.